The molecule has 0 radical (unpaired) electrons. The smallest absolute Gasteiger partial charge is 0.277 e. The lowest BCUT2D eigenvalue weighted by Crippen LogP contribution is -2.21. The van der Waals surface area contributed by atoms with Gasteiger partial charge in [-0.1, -0.05) is 18.8 Å². The second-order valence-electron chi connectivity index (χ2n) is 6.91. The summed E-state index contributed by atoms with van der Waals surface area (Å²) in [6, 6.07) is 7.14. The van der Waals surface area contributed by atoms with Gasteiger partial charge in [0, 0.05) is 34.3 Å². The van der Waals surface area contributed by atoms with Crippen molar-refractivity contribution < 1.29 is 14.6 Å². The van der Waals surface area contributed by atoms with E-state index < -0.39 is 11.5 Å². The summed E-state index contributed by atoms with van der Waals surface area (Å²) < 4.78 is 5.90. The molecule has 146 valence electrons. The van der Waals surface area contributed by atoms with Crippen molar-refractivity contribution >= 4 is 17.2 Å². The number of benzene rings is 1. The van der Waals surface area contributed by atoms with E-state index in [1.54, 1.807) is 25.4 Å². The molecule has 7 nitrogen and oxygen atoms in total. The van der Waals surface area contributed by atoms with Crippen molar-refractivity contribution in [2.75, 3.05) is 6.61 Å². The summed E-state index contributed by atoms with van der Waals surface area (Å²) in [6.07, 6.45) is 3.11. The predicted octanol–water partition coefficient (Wildman–Crippen LogP) is 2.45. The number of hydrogen-bond donors (Lipinski definition) is 2. The fourth-order valence-electron chi connectivity index (χ4n) is 2.97. The van der Waals surface area contributed by atoms with E-state index in [2.05, 4.69) is 26.8 Å². The first kappa shape index (κ1) is 19.1. The Hall–Kier alpha value is -3.28. The second kappa shape index (κ2) is 7.28. The number of fused-ring (bicyclic) bond motifs is 3. The van der Waals surface area contributed by atoms with Crippen LogP contribution in [0.2, 0.25) is 0 Å². The van der Waals surface area contributed by atoms with E-state index in [0.717, 1.165) is 10.4 Å². The molecule has 0 saturated heterocycles. The number of aromatic nitrogens is 3. The zero-order valence-electron chi connectivity index (χ0n) is 15.8. The number of hydrogen-bond acceptors (Lipinski definition) is 7. The molecule has 0 saturated carbocycles. The lowest BCUT2D eigenvalue weighted by atomic mass is 10.0. The van der Waals surface area contributed by atoms with Gasteiger partial charge in [-0.05, 0) is 31.2 Å². The Morgan fingerprint density at radius 1 is 1.38 bits per heavy atom. The summed E-state index contributed by atoms with van der Waals surface area (Å²) in [5.41, 5.74) is 6.03. The molecular weight excluding hydrogens is 388 g/mol. The molecule has 0 bridgehead atoms. The quantitative estimate of drug-likeness (QED) is 0.633. The van der Waals surface area contributed by atoms with Gasteiger partial charge in [-0.2, -0.15) is 0 Å². The van der Waals surface area contributed by atoms with Crippen molar-refractivity contribution in [2.24, 2.45) is 5.73 Å². The fraction of sp³-hybridized carbons (Fsp3) is 0.238. The van der Waals surface area contributed by atoms with Crippen LogP contribution < -0.4 is 10.5 Å². The van der Waals surface area contributed by atoms with Crippen LogP contribution in [-0.2, 0) is 5.60 Å². The fourth-order valence-corrected chi connectivity index (χ4v) is 3.94. The van der Waals surface area contributed by atoms with Gasteiger partial charge in [0.05, 0.1) is 12.3 Å². The van der Waals surface area contributed by atoms with E-state index in [9.17, 15) is 9.90 Å². The Bertz CT molecular complexity index is 1150. The number of ether oxygens (including phenoxy) is 1. The van der Waals surface area contributed by atoms with Crippen molar-refractivity contribution in [3.63, 3.8) is 0 Å². The van der Waals surface area contributed by atoms with Crippen molar-refractivity contribution in [1.29, 1.82) is 0 Å². The third kappa shape index (κ3) is 3.70. The van der Waals surface area contributed by atoms with E-state index in [-0.39, 0.29) is 16.7 Å². The molecule has 1 aliphatic heterocycles. The lowest BCUT2D eigenvalue weighted by Gasteiger charge is -2.13. The maximum absolute atomic E-state index is 11.6. The number of carbonyl (C=O) groups is 1. The average Bonchev–Trinajstić information content (AvgIpc) is 3.12. The van der Waals surface area contributed by atoms with Gasteiger partial charge >= 0.3 is 0 Å². The minimum Gasteiger partial charge on any atom is -0.492 e. The van der Waals surface area contributed by atoms with Crippen molar-refractivity contribution in [1.82, 2.24) is 15.0 Å². The topological polar surface area (TPSA) is 111 Å². The van der Waals surface area contributed by atoms with Gasteiger partial charge in [-0.3, -0.25) is 4.79 Å². The van der Waals surface area contributed by atoms with Crippen LogP contribution in [0.25, 0.3) is 11.3 Å². The minimum atomic E-state index is -1.50. The number of primary amides is 1. The molecule has 1 unspecified atom stereocenters. The highest BCUT2D eigenvalue weighted by atomic mass is 32.1. The number of thiazole rings is 1. The van der Waals surface area contributed by atoms with Crippen molar-refractivity contribution in [2.45, 2.75) is 25.4 Å². The maximum Gasteiger partial charge on any atom is 0.277 e. The summed E-state index contributed by atoms with van der Waals surface area (Å²) in [6.45, 7) is 4.04. The van der Waals surface area contributed by atoms with Crippen LogP contribution in [0.1, 0.15) is 45.8 Å². The number of nitrogens with two attached hydrogens (primary N) is 1. The third-order valence-corrected chi connectivity index (χ3v) is 5.79. The number of amides is 1. The van der Waals surface area contributed by atoms with Crippen LogP contribution >= 0.6 is 11.3 Å². The van der Waals surface area contributed by atoms with Crippen LogP contribution in [-0.4, -0.2) is 32.6 Å². The van der Waals surface area contributed by atoms with E-state index in [4.69, 9.17) is 10.5 Å². The summed E-state index contributed by atoms with van der Waals surface area (Å²) in [7, 11) is 0. The van der Waals surface area contributed by atoms with Gasteiger partial charge in [0.15, 0.2) is 16.4 Å². The van der Waals surface area contributed by atoms with Crippen LogP contribution in [0.3, 0.4) is 0 Å². The zero-order chi connectivity index (χ0) is 20.6. The predicted molar refractivity (Wildman–Crippen MR) is 108 cm³/mol. The van der Waals surface area contributed by atoms with E-state index >= 15 is 0 Å². The highest BCUT2D eigenvalue weighted by Gasteiger charge is 2.27. The molecule has 29 heavy (non-hydrogen) atoms. The van der Waals surface area contributed by atoms with Crippen LogP contribution in [0.5, 0.6) is 5.75 Å². The van der Waals surface area contributed by atoms with Crippen LogP contribution in [0.15, 0.2) is 36.7 Å². The molecule has 4 rings (SSSR count). The first-order chi connectivity index (χ1) is 13.8. The van der Waals surface area contributed by atoms with Gasteiger partial charge in [-0.15, -0.1) is 11.3 Å². The molecular formula is C21H18N4O3S. The van der Waals surface area contributed by atoms with E-state index in [1.165, 1.54) is 11.3 Å². The molecule has 3 N–H and O–H groups in total. The largest absolute Gasteiger partial charge is 0.492 e. The molecule has 1 aromatic carbocycles. The molecule has 2 atom stereocenters. The molecule has 0 fully saturated rings. The Morgan fingerprint density at radius 3 is 2.86 bits per heavy atom. The Kier molecular flexibility index (Phi) is 4.78. The molecule has 3 aromatic rings. The monoisotopic (exact) mass is 406 g/mol. The summed E-state index contributed by atoms with van der Waals surface area (Å²) >= 11 is 1.29. The highest BCUT2D eigenvalue weighted by molar-refractivity contribution is 7.14. The summed E-state index contributed by atoms with van der Waals surface area (Å²) in [5, 5.41) is 10.9. The first-order valence-electron chi connectivity index (χ1n) is 8.96. The highest BCUT2D eigenvalue weighted by Crippen LogP contribution is 2.41. The van der Waals surface area contributed by atoms with E-state index in [1.807, 2.05) is 25.1 Å². The standard InChI is InChI=1S/C21H18N4O3S/c1-12-11-28-15-5-4-13(6-7-21(2,27)20-23-8-3-9-24-20)10-14(15)16-17(12)29-19(25-16)18(22)26/h3-5,8-10,12,27H,11H2,1-2H3,(H2,22,26)/t12?,21-/m1/s1. The Morgan fingerprint density at radius 2 is 2.14 bits per heavy atom. The average molecular weight is 406 g/mol. The normalized spacial score (nSPS) is 16.9. The van der Waals surface area contributed by atoms with E-state index in [0.29, 0.717) is 23.6 Å². The molecule has 0 spiro atoms. The molecule has 2 aromatic heterocycles. The minimum absolute atomic E-state index is 0.0773. The molecule has 1 amide bonds. The summed E-state index contributed by atoms with van der Waals surface area (Å²) in [5.74, 6) is 6.22. The summed E-state index contributed by atoms with van der Waals surface area (Å²) in [4.78, 5) is 25.1. The van der Waals surface area contributed by atoms with Gasteiger partial charge in [0.1, 0.15) is 5.75 Å². The van der Waals surface area contributed by atoms with Crippen molar-refractivity contribution in [3.05, 3.63) is 57.9 Å². The Labute approximate surface area is 171 Å². The first-order valence-corrected chi connectivity index (χ1v) is 9.77. The van der Waals surface area contributed by atoms with Gasteiger partial charge in [0.25, 0.3) is 5.91 Å². The van der Waals surface area contributed by atoms with Crippen molar-refractivity contribution in [3.8, 4) is 28.8 Å². The Balaban J connectivity index is 1.76. The molecule has 0 aliphatic carbocycles. The molecule has 1 aliphatic rings. The SMILES string of the molecule is CC1COc2ccc(C#C[C@@](C)(O)c3ncccn3)cc2-c2nc(C(N)=O)sc21. The van der Waals surface area contributed by atoms with Gasteiger partial charge in [0.2, 0.25) is 0 Å². The molecule has 3 heterocycles. The van der Waals surface area contributed by atoms with Crippen LogP contribution in [0, 0.1) is 11.8 Å². The third-order valence-electron chi connectivity index (χ3n) is 4.49. The number of aliphatic hydroxyl groups is 1. The zero-order valence-corrected chi connectivity index (χ0v) is 16.7. The van der Waals surface area contributed by atoms with Crippen LogP contribution in [0.4, 0.5) is 0 Å². The van der Waals surface area contributed by atoms with Gasteiger partial charge in [-0.25, -0.2) is 15.0 Å². The molecule has 8 heteroatoms. The number of carbonyl (C=O) groups excluding carboxylic acids is 1. The van der Waals surface area contributed by atoms with Gasteiger partial charge < -0.3 is 15.6 Å². The maximum atomic E-state index is 11.6. The number of nitrogens with zero attached hydrogens (tertiary/aromatic N) is 3. The lowest BCUT2D eigenvalue weighted by molar-refractivity contribution is 0.0999. The second-order valence-corrected chi connectivity index (χ2v) is 7.94. The number of rotatable bonds is 2.